The number of non-ortho nitro benzene ring substituents is 1. The lowest BCUT2D eigenvalue weighted by molar-refractivity contribution is -0.384. The summed E-state index contributed by atoms with van der Waals surface area (Å²) >= 11 is 1.60. The minimum absolute atomic E-state index is 0.0989. The van der Waals surface area contributed by atoms with Gasteiger partial charge in [-0.15, -0.1) is 11.3 Å². The molecule has 2 aromatic carbocycles. The third-order valence-corrected chi connectivity index (χ3v) is 6.12. The molecule has 2 N–H and O–H groups in total. The molecule has 1 aliphatic heterocycles. The molecule has 3 aromatic rings. The van der Waals surface area contributed by atoms with Crippen molar-refractivity contribution < 1.29 is 14.5 Å². The van der Waals surface area contributed by atoms with E-state index in [4.69, 9.17) is 0 Å². The second kappa shape index (κ2) is 8.97. The van der Waals surface area contributed by atoms with Crippen LogP contribution in [0.25, 0.3) is 0 Å². The van der Waals surface area contributed by atoms with Gasteiger partial charge in [0.05, 0.1) is 11.0 Å². The minimum Gasteiger partial charge on any atom is -0.361 e. The lowest BCUT2D eigenvalue weighted by Gasteiger charge is -2.30. The van der Waals surface area contributed by atoms with Crippen molar-refractivity contribution in [2.75, 3.05) is 23.3 Å². The Balaban J connectivity index is 1.44. The first-order valence-electron chi connectivity index (χ1n) is 9.74. The summed E-state index contributed by atoms with van der Waals surface area (Å²) in [6.07, 6.45) is 0.930. The van der Waals surface area contributed by atoms with Gasteiger partial charge in [0.1, 0.15) is 0 Å². The van der Waals surface area contributed by atoms with Crippen LogP contribution < -0.4 is 15.5 Å². The maximum atomic E-state index is 12.4. The summed E-state index contributed by atoms with van der Waals surface area (Å²) < 4.78 is 0. The van der Waals surface area contributed by atoms with Crippen molar-refractivity contribution >= 4 is 40.2 Å². The SMILES string of the molecule is O=C(NC[C@@H](c1cccs1)N1CCc2ccccc21)C(=O)Nc1cccc([N+](=O)[O-])c1. The quantitative estimate of drug-likeness (QED) is 0.350. The summed E-state index contributed by atoms with van der Waals surface area (Å²) in [6.45, 7) is 1.09. The Morgan fingerprint density at radius 2 is 1.94 bits per heavy atom. The molecule has 0 saturated carbocycles. The molecule has 0 radical (unpaired) electrons. The van der Waals surface area contributed by atoms with Gasteiger partial charge in [-0.3, -0.25) is 19.7 Å². The monoisotopic (exact) mass is 436 g/mol. The normalized spacial score (nSPS) is 13.4. The molecule has 1 atom stereocenters. The van der Waals surface area contributed by atoms with Crippen LogP contribution >= 0.6 is 11.3 Å². The van der Waals surface area contributed by atoms with Crippen LogP contribution in [0.2, 0.25) is 0 Å². The van der Waals surface area contributed by atoms with Crippen LogP contribution in [0, 0.1) is 10.1 Å². The molecule has 0 spiro atoms. The molecule has 0 fully saturated rings. The molecule has 31 heavy (non-hydrogen) atoms. The van der Waals surface area contributed by atoms with E-state index >= 15 is 0 Å². The first-order valence-corrected chi connectivity index (χ1v) is 10.6. The van der Waals surface area contributed by atoms with Crippen molar-refractivity contribution in [1.29, 1.82) is 0 Å². The zero-order valence-corrected chi connectivity index (χ0v) is 17.3. The lowest BCUT2D eigenvalue weighted by atomic mass is 10.1. The van der Waals surface area contributed by atoms with Gasteiger partial charge in [0.25, 0.3) is 5.69 Å². The van der Waals surface area contributed by atoms with Crippen LogP contribution in [0.4, 0.5) is 17.1 Å². The van der Waals surface area contributed by atoms with Crippen molar-refractivity contribution in [3.05, 3.63) is 86.6 Å². The van der Waals surface area contributed by atoms with E-state index in [1.54, 1.807) is 11.3 Å². The Hall–Kier alpha value is -3.72. The van der Waals surface area contributed by atoms with Gasteiger partial charge in [-0.25, -0.2) is 0 Å². The summed E-state index contributed by atoms with van der Waals surface area (Å²) in [5.41, 5.74) is 2.43. The van der Waals surface area contributed by atoms with E-state index in [1.165, 1.54) is 29.8 Å². The summed E-state index contributed by atoms with van der Waals surface area (Å²) in [6, 6.07) is 17.5. The van der Waals surface area contributed by atoms with Crippen LogP contribution in [-0.2, 0) is 16.0 Å². The average molecular weight is 436 g/mol. The number of para-hydroxylation sites is 1. The van der Waals surface area contributed by atoms with Crippen molar-refractivity contribution in [3.63, 3.8) is 0 Å². The number of carbonyl (C=O) groups excluding carboxylic acids is 2. The number of nitro groups is 1. The second-order valence-electron chi connectivity index (χ2n) is 7.07. The molecule has 1 aliphatic rings. The van der Waals surface area contributed by atoms with Gasteiger partial charge < -0.3 is 15.5 Å². The molecule has 0 bridgehead atoms. The van der Waals surface area contributed by atoms with Gasteiger partial charge in [-0.1, -0.05) is 30.3 Å². The van der Waals surface area contributed by atoms with Gasteiger partial charge in [-0.05, 0) is 35.6 Å². The molecule has 1 aromatic heterocycles. The number of benzene rings is 2. The maximum absolute atomic E-state index is 12.4. The maximum Gasteiger partial charge on any atom is 0.313 e. The largest absolute Gasteiger partial charge is 0.361 e. The smallest absolute Gasteiger partial charge is 0.313 e. The number of fused-ring (bicyclic) bond motifs is 1. The van der Waals surface area contributed by atoms with Crippen molar-refractivity contribution in [2.24, 2.45) is 0 Å². The first kappa shape index (κ1) is 20.5. The highest BCUT2D eigenvalue weighted by molar-refractivity contribution is 7.10. The van der Waals surface area contributed by atoms with E-state index in [-0.39, 0.29) is 24.0 Å². The summed E-state index contributed by atoms with van der Waals surface area (Å²) in [5.74, 6) is -1.66. The number of nitro benzene ring substituents is 1. The summed E-state index contributed by atoms with van der Waals surface area (Å²) in [5, 5.41) is 18.0. The highest BCUT2D eigenvalue weighted by Crippen LogP contribution is 2.36. The van der Waals surface area contributed by atoms with Crippen molar-refractivity contribution in [1.82, 2.24) is 5.32 Å². The minimum atomic E-state index is -0.868. The van der Waals surface area contributed by atoms with Gasteiger partial charge in [-0.2, -0.15) is 0 Å². The van der Waals surface area contributed by atoms with E-state index in [9.17, 15) is 19.7 Å². The Bertz CT molecular complexity index is 1120. The van der Waals surface area contributed by atoms with Gasteiger partial charge in [0.2, 0.25) is 0 Å². The number of hydrogen-bond acceptors (Lipinski definition) is 6. The fourth-order valence-electron chi connectivity index (χ4n) is 3.69. The summed E-state index contributed by atoms with van der Waals surface area (Å²) in [7, 11) is 0. The standard InChI is InChI=1S/C22H20N4O4S/c27-21(22(28)24-16-6-3-7-17(13-16)26(29)30)23-14-19(20-9-4-12-31-20)25-11-10-15-5-1-2-8-18(15)25/h1-9,12-13,19H,10-11,14H2,(H,23,27)(H,24,28)/t19-/m0/s1. The Morgan fingerprint density at radius 1 is 1.10 bits per heavy atom. The molecule has 4 rings (SSSR count). The number of hydrogen-bond donors (Lipinski definition) is 2. The Labute approximate surface area is 182 Å². The molecule has 0 unspecified atom stereocenters. The Morgan fingerprint density at radius 3 is 2.71 bits per heavy atom. The number of carbonyl (C=O) groups is 2. The van der Waals surface area contributed by atoms with E-state index < -0.39 is 16.7 Å². The number of thiophene rings is 1. The van der Waals surface area contributed by atoms with Crippen LogP contribution in [0.5, 0.6) is 0 Å². The first-order chi connectivity index (χ1) is 15.0. The fraction of sp³-hybridized carbons (Fsp3) is 0.182. The number of anilines is 2. The molecular formula is C22H20N4O4S. The van der Waals surface area contributed by atoms with Gasteiger partial charge in [0.15, 0.2) is 0 Å². The van der Waals surface area contributed by atoms with Crippen LogP contribution in [0.3, 0.4) is 0 Å². The predicted octanol–water partition coefficient (Wildman–Crippen LogP) is 3.52. The zero-order chi connectivity index (χ0) is 21.8. The van der Waals surface area contributed by atoms with E-state index in [0.29, 0.717) is 0 Å². The third kappa shape index (κ3) is 4.56. The van der Waals surface area contributed by atoms with Gasteiger partial charge >= 0.3 is 11.8 Å². The van der Waals surface area contributed by atoms with E-state index in [1.807, 2.05) is 29.6 Å². The highest BCUT2D eigenvalue weighted by Gasteiger charge is 2.28. The van der Waals surface area contributed by atoms with Crippen LogP contribution in [0.1, 0.15) is 16.5 Å². The molecule has 2 amide bonds. The Kier molecular flexibility index (Phi) is 5.94. The average Bonchev–Trinajstić information content (AvgIpc) is 3.45. The molecule has 2 heterocycles. The third-order valence-electron chi connectivity index (χ3n) is 5.15. The highest BCUT2D eigenvalue weighted by atomic mass is 32.1. The number of rotatable bonds is 6. The molecule has 0 aliphatic carbocycles. The predicted molar refractivity (Wildman–Crippen MR) is 119 cm³/mol. The molecule has 8 nitrogen and oxygen atoms in total. The zero-order valence-electron chi connectivity index (χ0n) is 16.5. The molecule has 158 valence electrons. The van der Waals surface area contributed by atoms with Crippen molar-refractivity contribution in [3.8, 4) is 0 Å². The van der Waals surface area contributed by atoms with Gasteiger partial charge in [0, 0.05) is 41.5 Å². The second-order valence-corrected chi connectivity index (χ2v) is 8.05. The number of amides is 2. The molecule has 0 saturated heterocycles. The van der Waals surface area contributed by atoms with Crippen LogP contribution in [-0.4, -0.2) is 29.8 Å². The number of nitrogens with one attached hydrogen (secondary N) is 2. The molecule has 9 heteroatoms. The van der Waals surface area contributed by atoms with Crippen LogP contribution in [0.15, 0.2) is 66.0 Å². The topological polar surface area (TPSA) is 105 Å². The van der Waals surface area contributed by atoms with E-state index in [0.717, 1.165) is 23.5 Å². The fourth-order valence-corrected chi connectivity index (χ4v) is 4.53. The summed E-state index contributed by atoms with van der Waals surface area (Å²) in [4.78, 5) is 38.4. The lowest BCUT2D eigenvalue weighted by Crippen LogP contribution is -2.41. The van der Waals surface area contributed by atoms with E-state index in [2.05, 4.69) is 27.7 Å². The van der Waals surface area contributed by atoms with Crippen molar-refractivity contribution in [2.45, 2.75) is 12.5 Å². The molecular weight excluding hydrogens is 416 g/mol. The number of nitrogens with zero attached hydrogens (tertiary/aromatic N) is 2.